The number of nitrogens with one attached hydrogen (secondary N) is 1. The highest BCUT2D eigenvalue weighted by Crippen LogP contribution is 2.22. The number of benzene rings is 1. The molecular formula is C15H22ClN3O2. The van der Waals surface area contributed by atoms with E-state index in [0.717, 1.165) is 25.9 Å². The van der Waals surface area contributed by atoms with E-state index in [2.05, 4.69) is 10.2 Å². The third-order valence-electron chi connectivity index (χ3n) is 3.52. The zero-order valence-corrected chi connectivity index (χ0v) is 13.0. The van der Waals surface area contributed by atoms with Gasteiger partial charge in [0.2, 0.25) is 5.91 Å². The van der Waals surface area contributed by atoms with Gasteiger partial charge in [-0.1, -0.05) is 11.6 Å². The van der Waals surface area contributed by atoms with E-state index < -0.39 is 0 Å². The number of nitrogens with zero attached hydrogens (tertiary/aromatic N) is 1. The molecule has 1 atom stereocenters. The second kappa shape index (κ2) is 7.64. The summed E-state index contributed by atoms with van der Waals surface area (Å²) < 4.78 is 5.64. The lowest BCUT2D eigenvalue weighted by Gasteiger charge is -2.31. The maximum absolute atomic E-state index is 12.1. The fourth-order valence-corrected chi connectivity index (χ4v) is 2.75. The van der Waals surface area contributed by atoms with Gasteiger partial charge in [-0.05, 0) is 44.5 Å². The summed E-state index contributed by atoms with van der Waals surface area (Å²) in [4.78, 5) is 14.2. The summed E-state index contributed by atoms with van der Waals surface area (Å²) in [6.45, 7) is 4.79. The predicted octanol–water partition coefficient (Wildman–Crippen LogP) is 2.36. The molecule has 1 unspecified atom stereocenters. The molecule has 0 aliphatic carbocycles. The standard InChI is InChI=1S/C15H22ClN3O2/c1-2-21-12-4-3-7-19(9-12)10-15(20)18-14-6-5-11(16)8-13(14)17/h5-6,8,12H,2-4,7,9-10,17H2,1H3,(H,18,20). The van der Waals surface area contributed by atoms with Gasteiger partial charge in [-0.2, -0.15) is 0 Å². The van der Waals surface area contributed by atoms with Gasteiger partial charge in [0.1, 0.15) is 0 Å². The van der Waals surface area contributed by atoms with Crippen LogP contribution in [0, 0.1) is 0 Å². The largest absolute Gasteiger partial charge is 0.397 e. The molecule has 5 nitrogen and oxygen atoms in total. The van der Waals surface area contributed by atoms with Gasteiger partial charge >= 0.3 is 0 Å². The van der Waals surface area contributed by atoms with Crippen molar-refractivity contribution >= 4 is 28.9 Å². The van der Waals surface area contributed by atoms with Gasteiger partial charge in [0.15, 0.2) is 0 Å². The summed E-state index contributed by atoms with van der Waals surface area (Å²) in [5.41, 5.74) is 6.91. The van der Waals surface area contributed by atoms with Crippen LogP contribution in [0.15, 0.2) is 18.2 Å². The molecular weight excluding hydrogens is 290 g/mol. The van der Waals surface area contributed by atoms with Gasteiger partial charge in [0.05, 0.1) is 24.0 Å². The molecule has 1 fully saturated rings. The molecule has 1 aliphatic heterocycles. The van der Waals surface area contributed by atoms with Crippen LogP contribution in [-0.4, -0.2) is 43.2 Å². The van der Waals surface area contributed by atoms with Gasteiger partial charge < -0.3 is 15.8 Å². The first-order valence-corrected chi connectivity index (χ1v) is 7.65. The van der Waals surface area contributed by atoms with E-state index in [9.17, 15) is 4.79 Å². The number of carbonyl (C=O) groups excluding carboxylic acids is 1. The molecule has 1 aliphatic rings. The maximum atomic E-state index is 12.1. The highest BCUT2D eigenvalue weighted by molar-refractivity contribution is 6.31. The number of hydrogen-bond donors (Lipinski definition) is 2. The molecule has 1 aromatic rings. The van der Waals surface area contributed by atoms with Crippen molar-refractivity contribution in [3.05, 3.63) is 23.2 Å². The van der Waals surface area contributed by atoms with Crippen molar-refractivity contribution in [2.45, 2.75) is 25.9 Å². The van der Waals surface area contributed by atoms with Crippen LogP contribution in [0.25, 0.3) is 0 Å². The number of rotatable bonds is 5. The molecule has 116 valence electrons. The Morgan fingerprint density at radius 3 is 3.10 bits per heavy atom. The van der Waals surface area contributed by atoms with Gasteiger partial charge in [0.25, 0.3) is 0 Å². The minimum Gasteiger partial charge on any atom is -0.397 e. The molecule has 0 aromatic heterocycles. The number of nitrogen functional groups attached to an aromatic ring is 1. The fraction of sp³-hybridized carbons (Fsp3) is 0.533. The molecule has 21 heavy (non-hydrogen) atoms. The number of piperidine rings is 1. The van der Waals surface area contributed by atoms with Crippen molar-refractivity contribution in [1.29, 1.82) is 0 Å². The number of likely N-dealkylation sites (tertiary alicyclic amines) is 1. The Morgan fingerprint density at radius 2 is 2.38 bits per heavy atom. The molecule has 6 heteroatoms. The van der Waals surface area contributed by atoms with Crippen LogP contribution < -0.4 is 11.1 Å². The van der Waals surface area contributed by atoms with E-state index in [-0.39, 0.29) is 12.0 Å². The number of nitrogens with two attached hydrogens (primary N) is 1. The Labute approximate surface area is 130 Å². The van der Waals surface area contributed by atoms with Gasteiger partial charge in [-0.3, -0.25) is 9.69 Å². The first kappa shape index (κ1) is 16.1. The Hall–Kier alpha value is -1.30. The van der Waals surface area contributed by atoms with E-state index in [1.54, 1.807) is 18.2 Å². The van der Waals surface area contributed by atoms with E-state index in [1.165, 1.54) is 0 Å². The van der Waals surface area contributed by atoms with E-state index >= 15 is 0 Å². The number of hydrogen-bond acceptors (Lipinski definition) is 4. The van der Waals surface area contributed by atoms with Crippen molar-refractivity contribution < 1.29 is 9.53 Å². The van der Waals surface area contributed by atoms with Crippen LogP contribution in [0.2, 0.25) is 5.02 Å². The van der Waals surface area contributed by atoms with Crippen LogP contribution in [0.3, 0.4) is 0 Å². The van der Waals surface area contributed by atoms with Crippen molar-refractivity contribution in [3.63, 3.8) is 0 Å². The molecule has 3 N–H and O–H groups in total. The van der Waals surface area contributed by atoms with E-state index in [1.807, 2.05) is 6.92 Å². The molecule has 0 radical (unpaired) electrons. The quantitative estimate of drug-likeness (QED) is 0.819. The van der Waals surface area contributed by atoms with Crippen molar-refractivity contribution in [1.82, 2.24) is 4.90 Å². The second-order valence-electron chi connectivity index (χ2n) is 5.23. The van der Waals surface area contributed by atoms with Gasteiger partial charge in [-0.15, -0.1) is 0 Å². The molecule has 0 bridgehead atoms. The Morgan fingerprint density at radius 1 is 1.57 bits per heavy atom. The molecule has 1 aromatic carbocycles. The summed E-state index contributed by atoms with van der Waals surface area (Å²) in [7, 11) is 0. The Kier molecular flexibility index (Phi) is 5.85. The summed E-state index contributed by atoms with van der Waals surface area (Å²) in [6.07, 6.45) is 2.36. The summed E-state index contributed by atoms with van der Waals surface area (Å²) in [5.74, 6) is -0.0684. The molecule has 0 spiro atoms. The Balaban J connectivity index is 1.86. The normalized spacial score (nSPS) is 19.4. The van der Waals surface area contributed by atoms with Gasteiger partial charge in [0, 0.05) is 18.2 Å². The van der Waals surface area contributed by atoms with Crippen LogP contribution in [0.5, 0.6) is 0 Å². The van der Waals surface area contributed by atoms with Crippen molar-refractivity contribution in [2.24, 2.45) is 0 Å². The summed E-state index contributed by atoms with van der Waals surface area (Å²) >= 11 is 5.84. The summed E-state index contributed by atoms with van der Waals surface area (Å²) in [5, 5.41) is 3.38. The van der Waals surface area contributed by atoms with Gasteiger partial charge in [-0.25, -0.2) is 0 Å². The van der Waals surface area contributed by atoms with E-state index in [0.29, 0.717) is 29.5 Å². The molecule has 1 amide bonds. The van der Waals surface area contributed by atoms with Crippen LogP contribution in [-0.2, 0) is 9.53 Å². The van der Waals surface area contributed by atoms with Crippen LogP contribution in [0.4, 0.5) is 11.4 Å². The average Bonchev–Trinajstić information content (AvgIpc) is 2.43. The Bertz CT molecular complexity index is 494. The van der Waals surface area contributed by atoms with Crippen LogP contribution in [0.1, 0.15) is 19.8 Å². The molecule has 2 rings (SSSR count). The lowest BCUT2D eigenvalue weighted by molar-refractivity contribution is -0.118. The smallest absolute Gasteiger partial charge is 0.238 e. The van der Waals surface area contributed by atoms with Crippen molar-refractivity contribution in [2.75, 3.05) is 37.3 Å². The summed E-state index contributed by atoms with van der Waals surface area (Å²) in [6, 6.07) is 5.05. The third-order valence-corrected chi connectivity index (χ3v) is 3.75. The van der Waals surface area contributed by atoms with Crippen LogP contribution >= 0.6 is 11.6 Å². The number of anilines is 2. The first-order valence-electron chi connectivity index (χ1n) is 7.27. The maximum Gasteiger partial charge on any atom is 0.238 e. The zero-order valence-electron chi connectivity index (χ0n) is 12.3. The topological polar surface area (TPSA) is 67.6 Å². The molecule has 0 saturated carbocycles. The number of amides is 1. The SMILES string of the molecule is CCOC1CCCN(CC(=O)Nc2ccc(Cl)cc2N)C1. The number of ether oxygens (including phenoxy) is 1. The molecule has 1 saturated heterocycles. The fourth-order valence-electron chi connectivity index (χ4n) is 2.57. The third kappa shape index (κ3) is 4.88. The number of halogens is 1. The zero-order chi connectivity index (χ0) is 15.2. The minimum atomic E-state index is -0.0684. The highest BCUT2D eigenvalue weighted by Gasteiger charge is 2.21. The molecule has 1 heterocycles. The average molecular weight is 312 g/mol. The highest BCUT2D eigenvalue weighted by atomic mass is 35.5. The minimum absolute atomic E-state index is 0.0684. The number of carbonyl (C=O) groups is 1. The first-order chi connectivity index (χ1) is 10.1. The lowest BCUT2D eigenvalue weighted by Crippen LogP contribution is -2.43. The monoisotopic (exact) mass is 311 g/mol. The predicted molar refractivity (Wildman–Crippen MR) is 85.6 cm³/mol. The lowest BCUT2D eigenvalue weighted by atomic mass is 10.1. The van der Waals surface area contributed by atoms with E-state index in [4.69, 9.17) is 22.1 Å². The van der Waals surface area contributed by atoms with Crippen molar-refractivity contribution in [3.8, 4) is 0 Å². The second-order valence-corrected chi connectivity index (χ2v) is 5.67.